The molecule has 1 unspecified atom stereocenters. The Morgan fingerprint density at radius 3 is 3.00 bits per heavy atom. The van der Waals surface area contributed by atoms with Crippen molar-refractivity contribution in [3.63, 3.8) is 0 Å². The van der Waals surface area contributed by atoms with Crippen LogP contribution in [0.3, 0.4) is 0 Å². The Morgan fingerprint density at radius 2 is 2.25 bits per heavy atom. The average molecular weight is 386 g/mol. The minimum absolute atomic E-state index is 0.219. The summed E-state index contributed by atoms with van der Waals surface area (Å²) in [5.41, 5.74) is 2.26. The van der Waals surface area contributed by atoms with Crippen molar-refractivity contribution in [1.29, 1.82) is 0 Å². The van der Waals surface area contributed by atoms with Gasteiger partial charge in [0.15, 0.2) is 5.96 Å². The molecule has 28 heavy (non-hydrogen) atoms. The smallest absolute Gasteiger partial charge is 0.191 e. The lowest BCUT2D eigenvalue weighted by Gasteiger charge is -2.14. The lowest BCUT2D eigenvalue weighted by atomic mass is 10.1. The van der Waals surface area contributed by atoms with Crippen LogP contribution in [0.2, 0.25) is 0 Å². The van der Waals surface area contributed by atoms with Crippen molar-refractivity contribution in [3.05, 3.63) is 41.7 Å². The van der Waals surface area contributed by atoms with E-state index in [-0.39, 0.29) is 6.10 Å². The Labute approximate surface area is 167 Å². The van der Waals surface area contributed by atoms with Crippen LogP contribution >= 0.6 is 0 Å². The fourth-order valence-corrected chi connectivity index (χ4v) is 3.28. The largest absolute Gasteiger partial charge is 0.494 e. The molecule has 0 fully saturated rings. The van der Waals surface area contributed by atoms with Crippen LogP contribution in [0, 0.1) is 0 Å². The number of aryl methyl sites for hydroxylation is 1. The van der Waals surface area contributed by atoms with Gasteiger partial charge in [-0.15, -0.1) is 0 Å². The Balaban J connectivity index is 1.62. The maximum absolute atomic E-state index is 5.91. The van der Waals surface area contributed by atoms with Crippen molar-refractivity contribution in [1.82, 2.24) is 20.4 Å². The first-order valence-electron chi connectivity index (χ1n) is 10.1. The summed E-state index contributed by atoms with van der Waals surface area (Å²) in [7, 11) is 0. The van der Waals surface area contributed by atoms with Gasteiger partial charge in [0, 0.05) is 49.6 Å². The monoisotopic (exact) mass is 385 g/mol. The second-order valence-corrected chi connectivity index (χ2v) is 6.88. The molecule has 2 aromatic rings. The van der Waals surface area contributed by atoms with E-state index in [2.05, 4.69) is 41.7 Å². The highest BCUT2D eigenvalue weighted by Crippen LogP contribution is 2.35. The van der Waals surface area contributed by atoms with E-state index in [4.69, 9.17) is 14.5 Å². The first-order valence-corrected chi connectivity index (χ1v) is 10.1. The molecule has 2 heterocycles. The molecular formula is C21H31N5O2. The first-order chi connectivity index (χ1) is 13.7. The Morgan fingerprint density at radius 1 is 1.36 bits per heavy atom. The summed E-state index contributed by atoms with van der Waals surface area (Å²) in [4.78, 5) is 4.74. The molecule has 7 heteroatoms. The second kappa shape index (κ2) is 10.0. The minimum atomic E-state index is 0.219. The predicted molar refractivity (Wildman–Crippen MR) is 111 cm³/mol. The lowest BCUT2D eigenvalue weighted by Crippen LogP contribution is -2.38. The van der Waals surface area contributed by atoms with E-state index in [1.54, 1.807) is 6.20 Å². The summed E-state index contributed by atoms with van der Waals surface area (Å²) in [6.07, 6.45) is 5.90. The number of rotatable bonds is 9. The van der Waals surface area contributed by atoms with Gasteiger partial charge in [-0.1, -0.05) is 0 Å². The van der Waals surface area contributed by atoms with Crippen molar-refractivity contribution < 1.29 is 9.47 Å². The van der Waals surface area contributed by atoms with E-state index in [0.29, 0.717) is 13.2 Å². The molecule has 0 bridgehead atoms. The molecule has 152 valence electrons. The number of guanidine groups is 1. The van der Waals surface area contributed by atoms with E-state index >= 15 is 0 Å². The van der Waals surface area contributed by atoms with Gasteiger partial charge in [0.05, 0.1) is 13.2 Å². The summed E-state index contributed by atoms with van der Waals surface area (Å²) >= 11 is 0. The van der Waals surface area contributed by atoms with Crippen LogP contribution in [0.25, 0.3) is 0 Å². The fraction of sp³-hybridized carbons (Fsp3) is 0.524. The van der Waals surface area contributed by atoms with E-state index in [0.717, 1.165) is 55.5 Å². The third-order valence-corrected chi connectivity index (χ3v) is 4.55. The zero-order valence-corrected chi connectivity index (χ0v) is 17.1. The molecule has 3 rings (SSSR count). The average Bonchev–Trinajstić information content (AvgIpc) is 3.31. The molecule has 2 N–H and O–H groups in total. The second-order valence-electron chi connectivity index (χ2n) is 6.88. The molecule has 1 aromatic heterocycles. The van der Waals surface area contributed by atoms with Crippen molar-refractivity contribution in [2.45, 2.75) is 52.8 Å². The van der Waals surface area contributed by atoms with Crippen LogP contribution in [0.4, 0.5) is 0 Å². The first kappa shape index (κ1) is 20.0. The summed E-state index contributed by atoms with van der Waals surface area (Å²) in [6.45, 7) is 9.86. The number of hydrogen-bond donors (Lipinski definition) is 2. The van der Waals surface area contributed by atoms with Crippen molar-refractivity contribution in [2.75, 3.05) is 19.7 Å². The highest BCUT2D eigenvalue weighted by atomic mass is 16.5. The minimum Gasteiger partial charge on any atom is -0.494 e. The van der Waals surface area contributed by atoms with Crippen molar-refractivity contribution in [2.24, 2.45) is 4.99 Å². The van der Waals surface area contributed by atoms with Gasteiger partial charge in [-0.3, -0.25) is 4.68 Å². The Bertz CT molecular complexity index is 773. The number of fused-ring (bicyclic) bond motifs is 1. The normalized spacial score (nSPS) is 15.8. The zero-order valence-electron chi connectivity index (χ0n) is 17.1. The van der Waals surface area contributed by atoms with Crippen LogP contribution in [0.5, 0.6) is 11.5 Å². The van der Waals surface area contributed by atoms with Crippen LogP contribution in [-0.4, -0.2) is 41.5 Å². The molecule has 0 amide bonds. The summed E-state index contributed by atoms with van der Waals surface area (Å²) in [6, 6.07) is 6.13. The van der Waals surface area contributed by atoms with Crippen LogP contribution < -0.4 is 20.1 Å². The predicted octanol–water partition coefficient (Wildman–Crippen LogP) is 2.75. The molecule has 1 atom stereocenters. The molecule has 7 nitrogen and oxygen atoms in total. The molecule has 1 aromatic carbocycles. The standard InChI is InChI=1S/C21H31N5O2/c1-4-22-21(23-8-6-10-26-11-7-9-25-26)24-15-18-14-20-17(12-16(3)28-20)13-19(18)27-5-2/h7,9,11,13-14,16H,4-6,8,10,12,15H2,1-3H3,(H2,22,23,24). The van der Waals surface area contributed by atoms with Gasteiger partial charge in [-0.05, 0) is 45.4 Å². The summed E-state index contributed by atoms with van der Waals surface area (Å²) < 4.78 is 13.7. The van der Waals surface area contributed by atoms with Gasteiger partial charge < -0.3 is 20.1 Å². The van der Waals surface area contributed by atoms with Gasteiger partial charge in [0.2, 0.25) is 0 Å². The van der Waals surface area contributed by atoms with Gasteiger partial charge in [-0.25, -0.2) is 4.99 Å². The SMILES string of the molecule is CCNC(=NCc1cc2c(cc1OCC)CC(C)O2)NCCCn1cccn1. The third-order valence-electron chi connectivity index (χ3n) is 4.55. The van der Waals surface area contributed by atoms with Gasteiger partial charge in [0.25, 0.3) is 0 Å². The number of ether oxygens (including phenoxy) is 2. The number of benzene rings is 1. The van der Waals surface area contributed by atoms with Gasteiger partial charge in [-0.2, -0.15) is 5.10 Å². The Hall–Kier alpha value is -2.70. The number of aliphatic imine (C=N–C) groups is 1. The lowest BCUT2D eigenvalue weighted by molar-refractivity contribution is 0.254. The van der Waals surface area contributed by atoms with E-state index < -0.39 is 0 Å². The highest BCUT2D eigenvalue weighted by molar-refractivity contribution is 5.79. The fourth-order valence-electron chi connectivity index (χ4n) is 3.28. The molecular weight excluding hydrogens is 354 g/mol. The molecule has 1 aliphatic heterocycles. The highest BCUT2D eigenvalue weighted by Gasteiger charge is 2.21. The van der Waals surface area contributed by atoms with Gasteiger partial charge >= 0.3 is 0 Å². The maximum atomic E-state index is 5.91. The van der Waals surface area contributed by atoms with Gasteiger partial charge in [0.1, 0.15) is 17.6 Å². The molecule has 0 saturated carbocycles. The maximum Gasteiger partial charge on any atom is 0.191 e. The van der Waals surface area contributed by atoms with Crippen LogP contribution in [0.15, 0.2) is 35.6 Å². The number of nitrogens with one attached hydrogen (secondary N) is 2. The topological polar surface area (TPSA) is 72.7 Å². The quantitative estimate of drug-likeness (QED) is 0.394. The number of aromatic nitrogens is 2. The summed E-state index contributed by atoms with van der Waals surface area (Å²) in [5.74, 6) is 2.66. The summed E-state index contributed by atoms with van der Waals surface area (Å²) in [5, 5.41) is 10.9. The van der Waals surface area contributed by atoms with Crippen molar-refractivity contribution >= 4 is 5.96 Å². The van der Waals surface area contributed by atoms with Crippen LogP contribution in [-0.2, 0) is 19.5 Å². The Kier molecular flexibility index (Phi) is 7.17. The van der Waals surface area contributed by atoms with Crippen LogP contribution in [0.1, 0.15) is 38.3 Å². The van der Waals surface area contributed by atoms with E-state index in [1.165, 1.54) is 5.56 Å². The third kappa shape index (κ3) is 5.41. The van der Waals surface area contributed by atoms with E-state index in [9.17, 15) is 0 Å². The zero-order chi connectivity index (χ0) is 19.8. The molecule has 0 saturated heterocycles. The molecule has 0 radical (unpaired) electrons. The van der Waals surface area contributed by atoms with E-state index in [1.807, 2.05) is 23.9 Å². The number of hydrogen-bond acceptors (Lipinski definition) is 4. The number of nitrogens with zero attached hydrogens (tertiary/aromatic N) is 3. The molecule has 0 spiro atoms. The molecule has 0 aliphatic carbocycles. The van der Waals surface area contributed by atoms with Crippen molar-refractivity contribution in [3.8, 4) is 11.5 Å². The molecule has 1 aliphatic rings.